The Morgan fingerprint density at radius 2 is 1.90 bits per heavy atom. The Hall–Kier alpha value is -2.29. The van der Waals surface area contributed by atoms with Crippen LogP contribution in [0.25, 0.3) is 0 Å². The number of hydrogen-bond acceptors (Lipinski definition) is 5. The van der Waals surface area contributed by atoms with E-state index in [4.69, 9.17) is 9.47 Å². The van der Waals surface area contributed by atoms with E-state index in [0.29, 0.717) is 19.6 Å². The highest BCUT2D eigenvalue weighted by Crippen LogP contribution is 2.34. The van der Waals surface area contributed by atoms with E-state index in [2.05, 4.69) is 0 Å². The molecule has 0 aliphatic carbocycles. The van der Waals surface area contributed by atoms with E-state index in [1.54, 1.807) is 34.7 Å². The first-order valence-electron chi connectivity index (χ1n) is 10.3. The molecule has 0 aromatic heterocycles. The maximum atomic E-state index is 13.6. The fourth-order valence-corrected chi connectivity index (χ4v) is 3.57. The summed E-state index contributed by atoms with van der Waals surface area (Å²) in [4.78, 5) is 27.4. The summed E-state index contributed by atoms with van der Waals surface area (Å²) in [5.41, 5.74) is -1.41. The number of esters is 1. The van der Waals surface area contributed by atoms with Crippen molar-refractivity contribution in [3.63, 3.8) is 0 Å². The average molecular weight is 444 g/mol. The summed E-state index contributed by atoms with van der Waals surface area (Å²) in [6, 6.07) is 3.57. The van der Waals surface area contributed by atoms with Gasteiger partial charge >= 0.3 is 18.2 Å². The fraction of sp³-hybridized carbons (Fsp3) is 0.636. The lowest BCUT2D eigenvalue weighted by Gasteiger charge is -2.26. The molecule has 1 aromatic rings. The van der Waals surface area contributed by atoms with Gasteiger partial charge in [0.25, 0.3) is 0 Å². The van der Waals surface area contributed by atoms with Gasteiger partial charge in [-0.1, -0.05) is 6.07 Å². The molecule has 0 N–H and O–H groups in total. The third-order valence-electron chi connectivity index (χ3n) is 4.93. The van der Waals surface area contributed by atoms with Crippen LogP contribution in [-0.4, -0.2) is 60.8 Å². The number of rotatable bonds is 6. The molecule has 174 valence electrons. The number of benzene rings is 1. The molecule has 0 bridgehead atoms. The molecule has 1 saturated heterocycles. The Labute approximate surface area is 181 Å². The summed E-state index contributed by atoms with van der Waals surface area (Å²) in [6.45, 7) is 8.86. The first-order chi connectivity index (χ1) is 14.3. The predicted octanol–water partition coefficient (Wildman–Crippen LogP) is 4.57. The van der Waals surface area contributed by atoms with E-state index in [0.717, 1.165) is 12.5 Å². The summed E-state index contributed by atoms with van der Waals surface area (Å²) in [6.07, 6.45) is -4.22. The number of nitrogens with zero attached hydrogens (tertiary/aromatic N) is 2. The molecule has 0 spiro atoms. The molecule has 1 amide bonds. The second kappa shape index (κ2) is 9.89. The molecule has 31 heavy (non-hydrogen) atoms. The number of halogens is 3. The molecule has 1 heterocycles. The summed E-state index contributed by atoms with van der Waals surface area (Å²) in [5, 5.41) is 0. The van der Waals surface area contributed by atoms with Crippen molar-refractivity contribution in [3.8, 4) is 0 Å². The molecule has 1 aromatic carbocycles. The highest BCUT2D eigenvalue weighted by Gasteiger charge is 2.35. The second-order valence-corrected chi connectivity index (χ2v) is 8.84. The normalized spacial score (nSPS) is 17.5. The zero-order valence-electron chi connectivity index (χ0n) is 18.7. The number of ether oxygens (including phenoxy) is 2. The van der Waals surface area contributed by atoms with Gasteiger partial charge in [0.1, 0.15) is 5.60 Å². The van der Waals surface area contributed by atoms with Gasteiger partial charge in [-0.25, -0.2) is 9.59 Å². The maximum Gasteiger partial charge on any atom is 0.416 e. The Morgan fingerprint density at radius 3 is 2.48 bits per heavy atom. The van der Waals surface area contributed by atoms with E-state index in [9.17, 15) is 22.8 Å². The van der Waals surface area contributed by atoms with Gasteiger partial charge in [-0.05, 0) is 64.3 Å². The van der Waals surface area contributed by atoms with Gasteiger partial charge < -0.3 is 14.4 Å². The minimum absolute atomic E-state index is 0.0921. The van der Waals surface area contributed by atoms with Crippen LogP contribution >= 0.6 is 0 Å². The number of carbonyl (C=O) groups is 2. The van der Waals surface area contributed by atoms with Crippen molar-refractivity contribution in [2.24, 2.45) is 5.92 Å². The van der Waals surface area contributed by atoms with Crippen LogP contribution in [0.5, 0.6) is 0 Å². The van der Waals surface area contributed by atoms with Crippen molar-refractivity contribution in [2.75, 3.05) is 33.3 Å². The molecule has 6 nitrogen and oxygen atoms in total. The highest BCUT2D eigenvalue weighted by molar-refractivity contribution is 5.89. The van der Waals surface area contributed by atoms with Gasteiger partial charge in [0, 0.05) is 26.7 Å². The quantitative estimate of drug-likeness (QED) is 0.602. The Bertz CT molecular complexity index is 790. The predicted molar refractivity (Wildman–Crippen MR) is 110 cm³/mol. The molecule has 9 heteroatoms. The Morgan fingerprint density at radius 1 is 1.23 bits per heavy atom. The molecule has 1 fully saturated rings. The lowest BCUT2D eigenvalue weighted by Crippen LogP contribution is -2.37. The minimum atomic E-state index is -4.58. The summed E-state index contributed by atoms with van der Waals surface area (Å²) in [7, 11) is 1.66. The maximum absolute atomic E-state index is 13.6. The standard InChI is InChI=1S/C22H31F3N2O4/c1-6-30-19(28)16-7-8-17(18(11-16)22(23,24)25)14-27-10-9-15(13-27)12-26(5)20(29)31-21(2,3)4/h7-8,11,15H,6,9-10,12-14H2,1-5H3/t15-/m1/s1. The van der Waals surface area contributed by atoms with Crippen molar-refractivity contribution < 1.29 is 32.2 Å². The van der Waals surface area contributed by atoms with Crippen molar-refractivity contribution in [2.45, 2.75) is 52.4 Å². The molecule has 0 radical (unpaired) electrons. The van der Waals surface area contributed by atoms with Crippen LogP contribution < -0.4 is 0 Å². The van der Waals surface area contributed by atoms with Crippen molar-refractivity contribution >= 4 is 12.1 Å². The number of alkyl halides is 3. The minimum Gasteiger partial charge on any atom is -0.462 e. The van der Waals surface area contributed by atoms with Crippen molar-refractivity contribution in [1.82, 2.24) is 9.80 Å². The summed E-state index contributed by atoms with van der Waals surface area (Å²) in [5.74, 6) is -0.628. The molecule has 0 saturated carbocycles. The van der Waals surface area contributed by atoms with Gasteiger partial charge in [0.15, 0.2) is 0 Å². The first-order valence-corrected chi connectivity index (χ1v) is 10.3. The van der Waals surface area contributed by atoms with Crippen LogP contribution in [-0.2, 0) is 22.2 Å². The summed E-state index contributed by atoms with van der Waals surface area (Å²) < 4.78 is 50.9. The van der Waals surface area contributed by atoms with Gasteiger partial charge in [0.05, 0.1) is 17.7 Å². The molecule has 0 unspecified atom stereocenters. The van der Waals surface area contributed by atoms with Crippen LogP contribution in [0.1, 0.15) is 55.6 Å². The topological polar surface area (TPSA) is 59.1 Å². The zero-order chi connectivity index (χ0) is 23.4. The number of hydrogen-bond donors (Lipinski definition) is 0. The third kappa shape index (κ3) is 7.41. The van der Waals surface area contributed by atoms with Crippen LogP contribution in [0.4, 0.5) is 18.0 Å². The van der Waals surface area contributed by atoms with E-state index in [-0.39, 0.29) is 30.2 Å². The fourth-order valence-electron chi connectivity index (χ4n) is 3.57. The zero-order valence-corrected chi connectivity index (χ0v) is 18.7. The molecule has 1 aliphatic rings. The van der Waals surface area contributed by atoms with Crippen LogP contribution in [0.2, 0.25) is 0 Å². The van der Waals surface area contributed by atoms with Gasteiger partial charge in [-0.3, -0.25) is 4.90 Å². The monoisotopic (exact) mass is 444 g/mol. The average Bonchev–Trinajstić information content (AvgIpc) is 3.06. The van der Waals surface area contributed by atoms with Crippen LogP contribution in [0, 0.1) is 5.92 Å². The first kappa shape index (κ1) is 25.0. The van der Waals surface area contributed by atoms with Gasteiger partial charge in [0.2, 0.25) is 0 Å². The van der Waals surface area contributed by atoms with E-state index in [1.807, 2.05) is 4.90 Å². The van der Waals surface area contributed by atoms with Gasteiger partial charge in [-0.2, -0.15) is 13.2 Å². The van der Waals surface area contributed by atoms with Crippen molar-refractivity contribution in [3.05, 3.63) is 34.9 Å². The van der Waals surface area contributed by atoms with Crippen LogP contribution in [0.3, 0.4) is 0 Å². The molecular formula is C22H31F3N2O4. The largest absolute Gasteiger partial charge is 0.462 e. The second-order valence-electron chi connectivity index (χ2n) is 8.84. The van der Waals surface area contributed by atoms with E-state index < -0.39 is 29.4 Å². The third-order valence-corrected chi connectivity index (χ3v) is 4.93. The Kier molecular flexibility index (Phi) is 7.97. The smallest absolute Gasteiger partial charge is 0.416 e. The number of likely N-dealkylation sites (tertiary alicyclic amines) is 1. The number of amides is 1. The lowest BCUT2D eigenvalue weighted by molar-refractivity contribution is -0.138. The molecule has 1 aliphatic heterocycles. The number of carbonyl (C=O) groups excluding carboxylic acids is 2. The lowest BCUT2D eigenvalue weighted by atomic mass is 10.0. The van der Waals surface area contributed by atoms with Gasteiger partial charge in [-0.15, -0.1) is 0 Å². The van der Waals surface area contributed by atoms with E-state index in [1.165, 1.54) is 17.0 Å². The highest BCUT2D eigenvalue weighted by atomic mass is 19.4. The van der Waals surface area contributed by atoms with Crippen LogP contribution in [0.15, 0.2) is 18.2 Å². The Balaban J connectivity index is 2.03. The summed E-state index contributed by atoms with van der Waals surface area (Å²) >= 11 is 0. The molecule has 2 rings (SSSR count). The molecular weight excluding hydrogens is 413 g/mol. The SMILES string of the molecule is CCOC(=O)c1ccc(CN2CC[C@H](CN(C)C(=O)OC(C)(C)C)C2)c(C(F)(F)F)c1. The molecule has 1 atom stereocenters. The van der Waals surface area contributed by atoms with E-state index >= 15 is 0 Å². The van der Waals surface area contributed by atoms with Crippen molar-refractivity contribution in [1.29, 1.82) is 0 Å².